The van der Waals surface area contributed by atoms with E-state index in [4.69, 9.17) is 10.00 Å². The lowest BCUT2D eigenvalue weighted by Gasteiger charge is -2.10. The molecule has 1 N–H and O–H groups in total. The number of hydrogen-bond acceptors (Lipinski definition) is 6. The molecule has 3 aromatic rings. The average molecular weight is 403 g/mol. The first-order valence-corrected chi connectivity index (χ1v) is 9.64. The van der Waals surface area contributed by atoms with E-state index in [0.717, 1.165) is 16.8 Å². The Morgan fingerprint density at radius 1 is 1.17 bits per heavy atom. The molecular weight excluding hydrogens is 386 g/mol. The number of aromatic nitrogens is 1. The topological polar surface area (TPSA) is 92.1 Å². The van der Waals surface area contributed by atoms with Gasteiger partial charge in [0.25, 0.3) is 5.91 Å². The minimum absolute atomic E-state index is 0.435. The molecule has 0 aliphatic heterocycles. The maximum Gasteiger partial charge on any atom is 0.331 e. The minimum atomic E-state index is -0.975. The number of nitrogens with zero attached hydrogens (tertiary/aromatic N) is 2. The van der Waals surface area contributed by atoms with Gasteiger partial charge >= 0.3 is 5.97 Å². The first-order valence-electron chi connectivity index (χ1n) is 8.76. The van der Waals surface area contributed by atoms with Crippen molar-refractivity contribution < 1.29 is 14.3 Å². The van der Waals surface area contributed by atoms with Crippen LogP contribution in [0, 0.1) is 11.3 Å². The average Bonchev–Trinajstić information content (AvgIpc) is 3.21. The van der Waals surface area contributed by atoms with E-state index >= 15 is 0 Å². The number of nitrogens with one attached hydrogen (secondary N) is 1. The zero-order valence-electron chi connectivity index (χ0n) is 15.5. The standard InChI is InChI=1S/C22H17N3O3S/c1-15(28-20(26)12-11-16-7-9-17(13-23)10-8-16)21(27)25-22-24-19(14-29-22)18-5-3-2-4-6-18/h2-12,14-15H,1H3,(H,24,25,27)/b12-11+/t15-/m0/s1. The van der Waals surface area contributed by atoms with Crippen LogP contribution in [0.1, 0.15) is 18.1 Å². The highest BCUT2D eigenvalue weighted by molar-refractivity contribution is 7.14. The SMILES string of the molecule is C[C@H](OC(=O)/C=C/c1ccc(C#N)cc1)C(=O)Nc1nc(-c2ccccc2)cs1. The summed E-state index contributed by atoms with van der Waals surface area (Å²) < 4.78 is 5.13. The number of ether oxygens (including phenoxy) is 1. The van der Waals surface area contributed by atoms with Crippen LogP contribution < -0.4 is 5.32 Å². The molecule has 29 heavy (non-hydrogen) atoms. The Bertz CT molecular complexity index is 1070. The van der Waals surface area contributed by atoms with E-state index in [2.05, 4.69) is 10.3 Å². The van der Waals surface area contributed by atoms with Gasteiger partial charge in [-0.15, -0.1) is 11.3 Å². The quantitative estimate of drug-likeness (QED) is 0.490. The van der Waals surface area contributed by atoms with Gasteiger partial charge in [-0.25, -0.2) is 9.78 Å². The number of nitriles is 1. The van der Waals surface area contributed by atoms with Crippen LogP contribution in [0.15, 0.2) is 66.1 Å². The zero-order valence-corrected chi connectivity index (χ0v) is 16.3. The largest absolute Gasteiger partial charge is 0.449 e. The van der Waals surface area contributed by atoms with Crippen LogP contribution in [0.4, 0.5) is 5.13 Å². The molecule has 0 aliphatic carbocycles. The highest BCUT2D eigenvalue weighted by Crippen LogP contribution is 2.24. The molecule has 1 heterocycles. The van der Waals surface area contributed by atoms with Crippen molar-refractivity contribution in [3.8, 4) is 17.3 Å². The van der Waals surface area contributed by atoms with Crippen molar-refractivity contribution in [2.75, 3.05) is 5.32 Å². The van der Waals surface area contributed by atoms with Crippen LogP contribution in [-0.2, 0) is 14.3 Å². The van der Waals surface area contributed by atoms with E-state index in [-0.39, 0.29) is 0 Å². The lowest BCUT2D eigenvalue weighted by Crippen LogP contribution is -2.29. The van der Waals surface area contributed by atoms with E-state index < -0.39 is 18.0 Å². The van der Waals surface area contributed by atoms with Crippen LogP contribution in [-0.4, -0.2) is 23.0 Å². The van der Waals surface area contributed by atoms with E-state index in [9.17, 15) is 9.59 Å². The molecule has 0 spiro atoms. The molecule has 3 rings (SSSR count). The second kappa shape index (κ2) is 9.44. The summed E-state index contributed by atoms with van der Waals surface area (Å²) in [6, 6.07) is 18.4. The number of hydrogen-bond donors (Lipinski definition) is 1. The molecule has 6 nitrogen and oxygen atoms in total. The summed E-state index contributed by atoms with van der Waals surface area (Å²) in [6.07, 6.45) is 1.82. The van der Waals surface area contributed by atoms with Gasteiger partial charge in [0.15, 0.2) is 11.2 Å². The third-order valence-electron chi connectivity index (χ3n) is 3.92. The number of benzene rings is 2. The summed E-state index contributed by atoms with van der Waals surface area (Å²) in [4.78, 5) is 28.6. The first-order chi connectivity index (χ1) is 14.0. The van der Waals surface area contributed by atoms with Crippen LogP contribution in [0.5, 0.6) is 0 Å². The Hall–Kier alpha value is -3.76. The number of thiazole rings is 1. The lowest BCUT2D eigenvalue weighted by molar-refractivity contribution is -0.148. The number of carbonyl (C=O) groups excluding carboxylic acids is 2. The number of amides is 1. The normalized spacial score (nSPS) is 11.6. The summed E-state index contributed by atoms with van der Waals surface area (Å²) in [6.45, 7) is 1.49. The molecule has 0 saturated carbocycles. The van der Waals surface area contributed by atoms with Crippen molar-refractivity contribution >= 4 is 34.4 Å². The Morgan fingerprint density at radius 2 is 1.90 bits per heavy atom. The summed E-state index contributed by atoms with van der Waals surface area (Å²) in [5.74, 6) is -1.10. The monoisotopic (exact) mass is 403 g/mol. The van der Waals surface area contributed by atoms with Crippen LogP contribution >= 0.6 is 11.3 Å². The van der Waals surface area contributed by atoms with Crippen molar-refractivity contribution in [2.45, 2.75) is 13.0 Å². The molecule has 2 aromatic carbocycles. The van der Waals surface area contributed by atoms with E-state index in [0.29, 0.717) is 10.7 Å². The molecule has 144 valence electrons. The Kier molecular flexibility index (Phi) is 6.51. The summed E-state index contributed by atoms with van der Waals surface area (Å²) in [5, 5.41) is 13.7. The van der Waals surface area contributed by atoms with Gasteiger partial charge in [-0.05, 0) is 30.7 Å². The number of rotatable bonds is 6. The molecule has 0 fully saturated rings. The molecule has 1 amide bonds. The van der Waals surface area contributed by atoms with Crippen molar-refractivity contribution in [1.82, 2.24) is 4.98 Å². The highest BCUT2D eigenvalue weighted by Gasteiger charge is 2.18. The summed E-state index contributed by atoms with van der Waals surface area (Å²) >= 11 is 1.30. The summed E-state index contributed by atoms with van der Waals surface area (Å²) in [7, 11) is 0. The van der Waals surface area contributed by atoms with Gasteiger partial charge in [0.1, 0.15) is 0 Å². The molecule has 0 unspecified atom stereocenters. The van der Waals surface area contributed by atoms with Gasteiger partial charge < -0.3 is 4.74 Å². The van der Waals surface area contributed by atoms with Crippen molar-refractivity contribution in [1.29, 1.82) is 5.26 Å². The zero-order chi connectivity index (χ0) is 20.6. The minimum Gasteiger partial charge on any atom is -0.449 e. The maximum absolute atomic E-state index is 12.3. The second-order valence-electron chi connectivity index (χ2n) is 6.04. The van der Waals surface area contributed by atoms with Crippen molar-refractivity contribution in [3.05, 3.63) is 77.2 Å². The third kappa shape index (κ3) is 5.61. The fourth-order valence-electron chi connectivity index (χ4n) is 2.38. The predicted octanol–water partition coefficient (Wildman–Crippen LogP) is 4.27. The molecule has 7 heteroatoms. The molecule has 1 atom stereocenters. The maximum atomic E-state index is 12.3. The number of anilines is 1. The number of carbonyl (C=O) groups is 2. The van der Waals surface area contributed by atoms with Crippen molar-refractivity contribution in [2.24, 2.45) is 0 Å². The van der Waals surface area contributed by atoms with Gasteiger partial charge in [-0.1, -0.05) is 42.5 Å². The predicted molar refractivity (Wildman–Crippen MR) is 112 cm³/mol. The Morgan fingerprint density at radius 3 is 2.59 bits per heavy atom. The fraction of sp³-hybridized carbons (Fsp3) is 0.0909. The fourth-order valence-corrected chi connectivity index (χ4v) is 3.10. The third-order valence-corrected chi connectivity index (χ3v) is 4.68. The van der Waals surface area contributed by atoms with Gasteiger partial charge in [-0.2, -0.15) is 5.26 Å². The molecule has 0 aliphatic rings. The highest BCUT2D eigenvalue weighted by atomic mass is 32.1. The van der Waals surface area contributed by atoms with Crippen LogP contribution in [0.2, 0.25) is 0 Å². The Balaban J connectivity index is 1.53. The molecule has 0 radical (unpaired) electrons. The van der Waals surface area contributed by atoms with Crippen LogP contribution in [0.3, 0.4) is 0 Å². The molecular formula is C22H17N3O3S. The second-order valence-corrected chi connectivity index (χ2v) is 6.90. The van der Waals surface area contributed by atoms with E-state index in [1.54, 1.807) is 30.3 Å². The first kappa shape index (κ1) is 20.0. The smallest absolute Gasteiger partial charge is 0.331 e. The summed E-state index contributed by atoms with van der Waals surface area (Å²) in [5.41, 5.74) is 3.00. The molecule has 1 aromatic heterocycles. The number of esters is 1. The molecule has 0 bridgehead atoms. The van der Waals surface area contributed by atoms with Crippen LogP contribution in [0.25, 0.3) is 17.3 Å². The van der Waals surface area contributed by atoms with E-state index in [1.165, 1.54) is 24.3 Å². The van der Waals surface area contributed by atoms with Gasteiger partial charge in [0, 0.05) is 17.0 Å². The van der Waals surface area contributed by atoms with Gasteiger partial charge in [0.2, 0.25) is 0 Å². The van der Waals surface area contributed by atoms with Gasteiger partial charge in [-0.3, -0.25) is 10.1 Å². The van der Waals surface area contributed by atoms with Gasteiger partial charge in [0.05, 0.1) is 17.3 Å². The lowest BCUT2D eigenvalue weighted by atomic mass is 10.1. The van der Waals surface area contributed by atoms with Crippen molar-refractivity contribution in [3.63, 3.8) is 0 Å². The molecule has 0 saturated heterocycles. The van der Waals surface area contributed by atoms with E-state index in [1.807, 2.05) is 41.8 Å². The Labute approximate surface area is 172 Å².